The molecular weight excluding hydrogens is 287 g/mol. The molecule has 3 nitrogen and oxygen atoms in total. The van der Waals surface area contributed by atoms with E-state index in [1.54, 1.807) is 0 Å². The summed E-state index contributed by atoms with van der Waals surface area (Å²) in [6.07, 6.45) is 3.17. The maximum Gasteiger partial charge on any atom is 0.140 e. The number of hydrogen-bond donors (Lipinski definition) is 2. The smallest absolute Gasteiger partial charge is 0.140 e. The van der Waals surface area contributed by atoms with Crippen LogP contribution in [0.4, 0.5) is 4.48 Å². The van der Waals surface area contributed by atoms with E-state index in [2.05, 4.69) is 15.9 Å². The van der Waals surface area contributed by atoms with Gasteiger partial charge in [-0.05, 0) is 36.5 Å². The Morgan fingerprint density at radius 1 is 1.59 bits per heavy atom. The minimum atomic E-state index is -0.645. The van der Waals surface area contributed by atoms with Gasteiger partial charge in [0.25, 0.3) is 0 Å². The molecule has 94 valence electrons. The van der Waals surface area contributed by atoms with Crippen molar-refractivity contribution in [3.63, 3.8) is 0 Å². The third kappa shape index (κ3) is 3.59. The van der Waals surface area contributed by atoms with Crippen LogP contribution in [0.2, 0.25) is 0 Å². The first kappa shape index (κ1) is 14.3. The van der Waals surface area contributed by atoms with E-state index in [9.17, 15) is 9.28 Å². The van der Waals surface area contributed by atoms with Crippen LogP contribution in [0.3, 0.4) is 0 Å². The Bertz CT molecular complexity index is 400. The van der Waals surface area contributed by atoms with Crippen LogP contribution in [-0.2, 0) is 17.6 Å². The van der Waals surface area contributed by atoms with Gasteiger partial charge in [0.1, 0.15) is 6.29 Å². The monoisotopic (exact) mass is 302 g/mol. The number of fused-ring (bicyclic) bond motifs is 1. The van der Waals surface area contributed by atoms with E-state index < -0.39 is 5.54 Å². The molecular formula is C12H16BrFN2O. The summed E-state index contributed by atoms with van der Waals surface area (Å²) in [5.41, 5.74) is 9.04. The molecule has 0 amide bonds. The van der Waals surface area contributed by atoms with Crippen LogP contribution in [0, 0.1) is 0 Å². The first-order chi connectivity index (χ1) is 8.06. The fourth-order valence-corrected chi connectivity index (χ4v) is 2.56. The van der Waals surface area contributed by atoms with Crippen LogP contribution in [0.25, 0.3) is 0 Å². The van der Waals surface area contributed by atoms with Gasteiger partial charge in [0.05, 0.1) is 5.54 Å². The van der Waals surface area contributed by atoms with Crippen molar-refractivity contribution >= 4 is 22.2 Å². The maximum atomic E-state index is 10.8. The van der Waals surface area contributed by atoms with Gasteiger partial charge < -0.3 is 10.5 Å². The Balaban J connectivity index is 0.000000437. The number of benzene rings is 1. The third-order valence-electron chi connectivity index (χ3n) is 2.81. The average molecular weight is 303 g/mol. The standard InChI is InChI=1S/C11H12BrNO.CH4FN/c12-10-3-1-2-8-6-11(13,7-14)5-4-9(8)10;1-3-2/h1-3,7H,4-6,13H2;3H,1H3. The fraction of sp³-hybridized carbons (Fsp3) is 0.417. The summed E-state index contributed by atoms with van der Waals surface area (Å²) in [6, 6.07) is 6.06. The number of aldehydes is 1. The van der Waals surface area contributed by atoms with Crippen molar-refractivity contribution < 1.29 is 9.28 Å². The summed E-state index contributed by atoms with van der Waals surface area (Å²) in [6.45, 7) is 0. The normalized spacial score (nSPS) is 22.1. The second kappa shape index (κ2) is 6.23. The molecule has 0 aromatic heterocycles. The minimum Gasteiger partial charge on any atom is -0.319 e. The molecule has 0 aliphatic heterocycles. The van der Waals surface area contributed by atoms with Gasteiger partial charge in [-0.3, -0.25) is 0 Å². The van der Waals surface area contributed by atoms with Gasteiger partial charge in [-0.1, -0.05) is 28.1 Å². The lowest BCUT2D eigenvalue weighted by molar-refractivity contribution is -0.112. The molecule has 3 N–H and O–H groups in total. The highest BCUT2D eigenvalue weighted by Crippen LogP contribution is 2.30. The molecule has 0 saturated carbocycles. The van der Waals surface area contributed by atoms with Gasteiger partial charge in [0.2, 0.25) is 0 Å². The second-order valence-electron chi connectivity index (χ2n) is 4.09. The van der Waals surface area contributed by atoms with Crippen molar-refractivity contribution in [1.82, 2.24) is 5.54 Å². The zero-order valence-corrected chi connectivity index (χ0v) is 11.3. The Kier molecular flexibility index (Phi) is 5.24. The predicted molar refractivity (Wildman–Crippen MR) is 69.3 cm³/mol. The largest absolute Gasteiger partial charge is 0.319 e. The molecule has 0 bridgehead atoms. The van der Waals surface area contributed by atoms with Crippen molar-refractivity contribution in [2.75, 3.05) is 7.05 Å². The van der Waals surface area contributed by atoms with Gasteiger partial charge in [-0.25, -0.2) is 0 Å². The second-order valence-corrected chi connectivity index (χ2v) is 4.95. The summed E-state index contributed by atoms with van der Waals surface area (Å²) in [4.78, 5) is 10.8. The molecule has 1 unspecified atom stereocenters. The summed E-state index contributed by atoms with van der Waals surface area (Å²) in [5.74, 6) is 0. The number of hydrogen-bond acceptors (Lipinski definition) is 3. The lowest BCUT2D eigenvalue weighted by atomic mass is 9.80. The number of nitrogens with one attached hydrogen (secondary N) is 1. The zero-order chi connectivity index (χ0) is 12.9. The summed E-state index contributed by atoms with van der Waals surface area (Å²) in [5, 5.41) is 0. The van der Waals surface area contributed by atoms with Crippen LogP contribution in [0.1, 0.15) is 17.5 Å². The van der Waals surface area contributed by atoms with Crippen molar-refractivity contribution in [2.45, 2.75) is 24.8 Å². The quantitative estimate of drug-likeness (QED) is 0.616. The fourth-order valence-electron chi connectivity index (χ4n) is 1.95. The lowest BCUT2D eigenvalue weighted by Crippen LogP contribution is -2.46. The van der Waals surface area contributed by atoms with E-state index in [0.717, 1.165) is 23.6 Å². The van der Waals surface area contributed by atoms with Crippen LogP contribution in [-0.4, -0.2) is 18.9 Å². The van der Waals surface area contributed by atoms with Crippen molar-refractivity contribution in [2.24, 2.45) is 5.73 Å². The summed E-state index contributed by atoms with van der Waals surface area (Å²) < 4.78 is 11.2. The van der Waals surface area contributed by atoms with Gasteiger partial charge in [-0.15, -0.1) is 4.48 Å². The number of carbonyl (C=O) groups excluding carboxylic acids is 1. The molecule has 0 heterocycles. The Labute approximate surface area is 109 Å². The molecule has 2 rings (SSSR count). The number of rotatable bonds is 1. The average Bonchev–Trinajstić information content (AvgIpc) is 2.30. The third-order valence-corrected chi connectivity index (χ3v) is 3.55. The molecule has 1 aliphatic carbocycles. The van der Waals surface area contributed by atoms with Gasteiger partial charge in [0.15, 0.2) is 0 Å². The number of nitrogens with two attached hydrogens (primary N) is 1. The first-order valence-corrected chi connectivity index (χ1v) is 6.14. The molecule has 1 aromatic rings. The van der Waals surface area contributed by atoms with Crippen molar-refractivity contribution in [3.8, 4) is 0 Å². The lowest BCUT2D eigenvalue weighted by Gasteiger charge is -2.30. The van der Waals surface area contributed by atoms with E-state index >= 15 is 0 Å². The molecule has 1 atom stereocenters. The van der Waals surface area contributed by atoms with E-state index in [1.807, 2.05) is 18.2 Å². The highest BCUT2D eigenvalue weighted by Gasteiger charge is 2.30. The molecule has 1 aromatic carbocycles. The van der Waals surface area contributed by atoms with E-state index in [4.69, 9.17) is 5.73 Å². The molecule has 1 aliphatic rings. The summed E-state index contributed by atoms with van der Waals surface area (Å²) in [7, 11) is 1.21. The Hall–Kier alpha value is -0.780. The topological polar surface area (TPSA) is 55.1 Å². The summed E-state index contributed by atoms with van der Waals surface area (Å²) >= 11 is 3.51. The molecule has 5 heteroatoms. The van der Waals surface area contributed by atoms with Crippen molar-refractivity contribution in [1.29, 1.82) is 0 Å². The Morgan fingerprint density at radius 3 is 2.82 bits per heavy atom. The van der Waals surface area contributed by atoms with E-state index in [-0.39, 0.29) is 0 Å². The molecule has 0 saturated heterocycles. The van der Waals surface area contributed by atoms with E-state index in [1.165, 1.54) is 23.7 Å². The number of halogens is 2. The van der Waals surface area contributed by atoms with Crippen LogP contribution < -0.4 is 11.3 Å². The molecule has 17 heavy (non-hydrogen) atoms. The first-order valence-electron chi connectivity index (χ1n) is 5.35. The SMILES string of the molecule is CNF.NC1(C=O)CCc2c(Br)cccc2C1. The highest BCUT2D eigenvalue weighted by atomic mass is 79.9. The number of carbonyl (C=O) groups is 1. The molecule has 0 fully saturated rings. The minimum absolute atomic E-state index is 0.645. The van der Waals surface area contributed by atoms with Crippen LogP contribution in [0.5, 0.6) is 0 Å². The van der Waals surface area contributed by atoms with Gasteiger partial charge in [-0.2, -0.15) is 5.54 Å². The van der Waals surface area contributed by atoms with Crippen LogP contribution in [0.15, 0.2) is 22.7 Å². The van der Waals surface area contributed by atoms with E-state index in [0.29, 0.717) is 6.42 Å². The predicted octanol–water partition coefficient (Wildman–Crippen LogP) is 1.92. The molecule has 0 radical (unpaired) electrons. The van der Waals surface area contributed by atoms with Crippen molar-refractivity contribution in [3.05, 3.63) is 33.8 Å². The maximum absolute atomic E-state index is 10.8. The van der Waals surface area contributed by atoms with Crippen LogP contribution >= 0.6 is 15.9 Å². The van der Waals surface area contributed by atoms with Gasteiger partial charge in [0, 0.05) is 11.5 Å². The van der Waals surface area contributed by atoms with Gasteiger partial charge >= 0.3 is 0 Å². The highest BCUT2D eigenvalue weighted by molar-refractivity contribution is 9.10. The molecule has 0 spiro atoms. The Morgan fingerprint density at radius 2 is 2.24 bits per heavy atom. The zero-order valence-electron chi connectivity index (χ0n) is 9.67.